The van der Waals surface area contributed by atoms with Crippen LogP contribution in [0.25, 0.3) is 0 Å². The molecule has 2 aliphatic heterocycles. The molecule has 2 saturated heterocycles. The van der Waals surface area contributed by atoms with Gasteiger partial charge in [0.05, 0.1) is 0 Å². The highest BCUT2D eigenvalue weighted by molar-refractivity contribution is 8.14. The van der Waals surface area contributed by atoms with Crippen LogP contribution in [-0.4, -0.2) is 45.1 Å². The molecular weight excluding hydrogens is 355 g/mol. The molecule has 0 aromatic heterocycles. The lowest BCUT2D eigenvalue weighted by Crippen LogP contribution is -2.38. The van der Waals surface area contributed by atoms with Crippen LogP contribution in [0.5, 0.6) is 0 Å². The maximum atomic E-state index is 13.4. The zero-order valence-corrected chi connectivity index (χ0v) is 16.4. The molecule has 4 nitrogen and oxygen atoms in total. The van der Waals surface area contributed by atoms with E-state index in [2.05, 4.69) is 24.2 Å². The monoisotopic (exact) mass is 380 g/mol. The molecule has 1 atom stereocenters. The Hall–Kier alpha value is -1.34. The van der Waals surface area contributed by atoms with Crippen LogP contribution in [-0.2, 0) is 0 Å². The van der Waals surface area contributed by atoms with Crippen molar-refractivity contribution in [3.8, 4) is 0 Å². The second kappa shape index (κ2) is 8.36. The number of hydrogen-bond donors (Lipinski definition) is 1. The first-order chi connectivity index (χ1) is 12.0. The summed E-state index contributed by atoms with van der Waals surface area (Å²) in [6, 6.07) is 6.36. The highest BCUT2D eigenvalue weighted by Gasteiger charge is 2.30. The first-order valence-corrected chi connectivity index (χ1v) is 10.2. The molecule has 3 rings (SSSR count). The number of rotatable bonds is 3. The molecule has 0 amide bonds. The van der Waals surface area contributed by atoms with Gasteiger partial charge in [0, 0.05) is 30.6 Å². The summed E-state index contributed by atoms with van der Waals surface area (Å²) in [5.41, 5.74) is 0.665. The number of piperidine rings is 1. The largest absolute Gasteiger partial charge is 0.332 e. The molecule has 2 fully saturated rings. The highest BCUT2D eigenvalue weighted by atomic mass is 32.2. The van der Waals surface area contributed by atoms with E-state index in [4.69, 9.17) is 17.3 Å². The lowest BCUT2D eigenvalue weighted by molar-refractivity contribution is 0.187. The second-order valence-electron chi connectivity index (χ2n) is 6.67. The predicted octanol–water partition coefficient (Wildman–Crippen LogP) is 4.35. The smallest absolute Gasteiger partial charge is 0.189 e. The van der Waals surface area contributed by atoms with Crippen molar-refractivity contribution in [1.82, 2.24) is 9.91 Å². The number of thiocarbonyl (C=S) groups is 1. The Morgan fingerprint density at radius 3 is 2.84 bits per heavy atom. The van der Waals surface area contributed by atoms with Crippen molar-refractivity contribution in [3.05, 3.63) is 30.1 Å². The molecule has 1 aromatic rings. The molecule has 25 heavy (non-hydrogen) atoms. The zero-order chi connectivity index (χ0) is 17.8. The van der Waals surface area contributed by atoms with Gasteiger partial charge in [-0.25, -0.2) is 4.39 Å². The highest BCUT2D eigenvalue weighted by Crippen LogP contribution is 2.28. The van der Waals surface area contributed by atoms with Gasteiger partial charge in [0.15, 0.2) is 10.3 Å². The van der Waals surface area contributed by atoms with Gasteiger partial charge in [0.2, 0.25) is 0 Å². The molecule has 1 aromatic carbocycles. The molecule has 0 radical (unpaired) electrons. The fraction of sp³-hybridized carbons (Fsp3) is 0.556. The first kappa shape index (κ1) is 18.5. The van der Waals surface area contributed by atoms with E-state index < -0.39 is 0 Å². The van der Waals surface area contributed by atoms with Crippen molar-refractivity contribution in [2.24, 2.45) is 11.0 Å². The minimum absolute atomic E-state index is 0.273. The van der Waals surface area contributed by atoms with E-state index in [1.165, 1.54) is 31.4 Å². The summed E-state index contributed by atoms with van der Waals surface area (Å²) in [4.78, 5) is 2.03. The van der Waals surface area contributed by atoms with Crippen LogP contribution in [0, 0.1) is 11.7 Å². The van der Waals surface area contributed by atoms with Gasteiger partial charge in [-0.05, 0) is 49.2 Å². The summed E-state index contributed by atoms with van der Waals surface area (Å²) in [5, 5.41) is 12.1. The Balaban J connectivity index is 1.66. The molecule has 0 spiro atoms. The number of nitrogens with one attached hydrogen (secondary N) is 1. The van der Waals surface area contributed by atoms with Crippen LogP contribution in [0.4, 0.5) is 10.1 Å². The molecule has 1 N–H and O–H groups in total. The van der Waals surface area contributed by atoms with Gasteiger partial charge in [0.1, 0.15) is 5.82 Å². The van der Waals surface area contributed by atoms with Crippen LogP contribution in [0.2, 0.25) is 0 Å². The van der Waals surface area contributed by atoms with Gasteiger partial charge in [-0.1, -0.05) is 38.1 Å². The van der Waals surface area contributed by atoms with Gasteiger partial charge >= 0.3 is 0 Å². The number of hydrazone groups is 1. The standard InChI is InChI=1S/C18H25FN4S2/c1-3-14-7-9-22(10-8-14)21-18-23(12-13(2)25-18)17(24)20-16-6-4-5-15(19)11-16/h4-6,11,13-14H,3,7-10,12H2,1-2H3,(H,20,24). The summed E-state index contributed by atoms with van der Waals surface area (Å²) >= 11 is 7.30. The van der Waals surface area contributed by atoms with Crippen molar-refractivity contribution in [2.45, 2.75) is 38.4 Å². The average molecular weight is 381 g/mol. The van der Waals surface area contributed by atoms with Crippen molar-refractivity contribution in [2.75, 3.05) is 25.0 Å². The maximum Gasteiger partial charge on any atom is 0.189 e. The number of nitrogens with zero attached hydrogens (tertiary/aromatic N) is 3. The minimum Gasteiger partial charge on any atom is -0.332 e. The predicted molar refractivity (Wildman–Crippen MR) is 108 cm³/mol. The van der Waals surface area contributed by atoms with E-state index in [0.717, 1.165) is 30.7 Å². The molecule has 0 bridgehead atoms. The molecule has 2 heterocycles. The Labute approximate surface area is 158 Å². The fourth-order valence-corrected chi connectivity index (χ4v) is 4.54. The summed E-state index contributed by atoms with van der Waals surface area (Å²) < 4.78 is 13.4. The topological polar surface area (TPSA) is 30.9 Å². The van der Waals surface area contributed by atoms with Crippen molar-refractivity contribution >= 4 is 39.9 Å². The van der Waals surface area contributed by atoms with E-state index in [1.54, 1.807) is 17.8 Å². The number of benzene rings is 1. The Kier molecular flexibility index (Phi) is 6.17. The summed E-state index contributed by atoms with van der Waals surface area (Å²) in [6.07, 6.45) is 3.67. The van der Waals surface area contributed by atoms with E-state index in [9.17, 15) is 4.39 Å². The molecule has 1 unspecified atom stereocenters. The fourth-order valence-electron chi connectivity index (χ4n) is 3.17. The van der Waals surface area contributed by atoms with Gasteiger partial charge in [-0.3, -0.25) is 9.91 Å². The van der Waals surface area contributed by atoms with Crippen LogP contribution in [0.15, 0.2) is 29.4 Å². The maximum absolute atomic E-state index is 13.4. The molecule has 0 saturated carbocycles. The zero-order valence-electron chi connectivity index (χ0n) is 14.7. The van der Waals surface area contributed by atoms with Crippen molar-refractivity contribution in [1.29, 1.82) is 0 Å². The third-order valence-electron chi connectivity index (χ3n) is 4.69. The van der Waals surface area contributed by atoms with E-state index in [1.807, 2.05) is 11.0 Å². The first-order valence-electron chi connectivity index (χ1n) is 8.89. The Morgan fingerprint density at radius 2 is 2.16 bits per heavy atom. The van der Waals surface area contributed by atoms with Gasteiger partial charge in [-0.15, -0.1) is 0 Å². The molecule has 0 aliphatic carbocycles. The van der Waals surface area contributed by atoms with E-state index in [0.29, 0.717) is 16.0 Å². The van der Waals surface area contributed by atoms with Crippen LogP contribution < -0.4 is 5.32 Å². The number of hydrogen-bond acceptors (Lipinski definition) is 4. The molecule has 7 heteroatoms. The molecule has 2 aliphatic rings. The lowest BCUT2D eigenvalue weighted by atomic mass is 9.95. The Morgan fingerprint density at radius 1 is 1.40 bits per heavy atom. The van der Waals surface area contributed by atoms with E-state index in [-0.39, 0.29) is 5.82 Å². The molecular formula is C18H25FN4S2. The van der Waals surface area contributed by atoms with Crippen LogP contribution in [0.3, 0.4) is 0 Å². The van der Waals surface area contributed by atoms with Crippen LogP contribution in [0.1, 0.15) is 33.1 Å². The second-order valence-corrected chi connectivity index (χ2v) is 8.46. The average Bonchev–Trinajstić information content (AvgIpc) is 2.96. The number of halogens is 1. The molecule has 136 valence electrons. The third kappa shape index (κ3) is 4.85. The Bertz CT molecular complexity index is 644. The quantitative estimate of drug-likeness (QED) is 0.788. The number of anilines is 1. The normalized spacial score (nSPS) is 23.3. The van der Waals surface area contributed by atoms with Crippen molar-refractivity contribution < 1.29 is 4.39 Å². The lowest BCUT2D eigenvalue weighted by Gasteiger charge is -2.30. The van der Waals surface area contributed by atoms with Crippen molar-refractivity contribution in [3.63, 3.8) is 0 Å². The SMILES string of the molecule is CCC1CCN(N=C2SC(C)CN2C(=S)Nc2cccc(F)c2)CC1. The van der Waals surface area contributed by atoms with Gasteiger partial charge in [-0.2, -0.15) is 5.10 Å². The van der Waals surface area contributed by atoms with Gasteiger partial charge in [0.25, 0.3) is 0 Å². The summed E-state index contributed by atoms with van der Waals surface area (Å²) in [6.45, 7) is 7.27. The summed E-state index contributed by atoms with van der Waals surface area (Å²) in [7, 11) is 0. The summed E-state index contributed by atoms with van der Waals surface area (Å²) in [5.74, 6) is 0.558. The number of amidine groups is 1. The third-order valence-corrected chi connectivity index (χ3v) is 6.08. The van der Waals surface area contributed by atoms with Crippen LogP contribution >= 0.6 is 24.0 Å². The van der Waals surface area contributed by atoms with E-state index >= 15 is 0 Å². The van der Waals surface area contributed by atoms with Gasteiger partial charge < -0.3 is 5.32 Å². The number of thioether (sulfide) groups is 1. The minimum atomic E-state index is -0.273.